The second-order valence-corrected chi connectivity index (χ2v) is 10.5. The van der Waals surface area contributed by atoms with Crippen LogP contribution in [0.2, 0.25) is 0 Å². The molecule has 0 aromatic rings. The molecule has 33 heavy (non-hydrogen) atoms. The molecule has 0 amide bonds. The van der Waals surface area contributed by atoms with Gasteiger partial charge in [0.15, 0.2) is 0 Å². The van der Waals surface area contributed by atoms with Crippen LogP contribution in [0.3, 0.4) is 0 Å². The fourth-order valence-corrected chi connectivity index (χ4v) is 5.15. The summed E-state index contributed by atoms with van der Waals surface area (Å²) in [6.07, 6.45) is 16.3. The van der Waals surface area contributed by atoms with Gasteiger partial charge in [-0.1, -0.05) is 101 Å². The van der Waals surface area contributed by atoms with Crippen molar-refractivity contribution < 1.29 is 0 Å². The van der Waals surface area contributed by atoms with E-state index in [-0.39, 0.29) is 0 Å². The van der Waals surface area contributed by atoms with Gasteiger partial charge in [0.1, 0.15) is 0 Å². The van der Waals surface area contributed by atoms with Crippen molar-refractivity contribution in [3.05, 3.63) is 111 Å². The first-order valence-electron chi connectivity index (χ1n) is 12.4. The van der Waals surface area contributed by atoms with Crippen molar-refractivity contribution in [1.29, 1.82) is 0 Å². The van der Waals surface area contributed by atoms with Crippen LogP contribution >= 0.6 is 0 Å². The second kappa shape index (κ2) is 9.18. The van der Waals surface area contributed by atoms with Crippen LogP contribution in [0.25, 0.3) is 17.2 Å². The van der Waals surface area contributed by atoms with Crippen molar-refractivity contribution in [2.75, 3.05) is 0 Å². The predicted octanol–water partition coefficient (Wildman–Crippen LogP) is 9.52. The summed E-state index contributed by atoms with van der Waals surface area (Å²) in [5, 5.41) is 0. The third-order valence-corrected chi connectivity index (χ3v) is 7.21. The third-order valence-electron chi connectivity index (χ3n) is 7.21. The highest BCUT2D eigenvalue weighted by Gasteiger charge is 2.23. The third kappa shape index (κ3) is 4.49. The van der Waals surface area contributed by atoms with Gasteiger partial charge in [0.05, 0.1) is 0 Å². The van der Waals surface area contributed by atoms with Gasteiger partial charge < -0.3 is 0 Å². The number of hydrogen-bond acceptors (Lipinski definition) is 0. The zero-order chi connectivity index (χ0) is 23.9. The van der Waals surface area contributed by atoms with Crippen LogP contribution in [0, 0.1) is 25.7 Å². The Balaban J connectivity index is 1.72. The van der Waals surface area contributed by atoms with E-state index in [4.69, 9.17) is 0 Å². The lowest BCUT2D eigenvalue weighted by atomic mass is 9.93. The Morgan fingerprint density at radius 1 is 0.879 bits per heavy atom. The molecule has 0 saturated carbocycles. The molecule has 4 rings (SSSR count). The van der Waals surface area contributed by atoms with E-state index >= 15 is 0 Å². The van der Waals surface area contributed by atoms with Gasteiger partial charge in [-0.25, -0.2) is 0 Å². The molecule has 0 radical (unpaired) electrons. The lowest BCUT2D eigenvalue weighted by Crippen LogP contribution is -1.97. The van der Waals surface area contributed by atoms with Crippen LogP contribution in [0.5, 0.6) is 0 Å². The summed E-state index contributed by atoms with van der Waals surface area (Å²) in [7, 11) is 0. The van der Waals surface area contributed by atoms with Crippen molar-refractivity contribution >= 4 is 6.08 Å². The van der Waals surface area contributed by atoms with Crippen molar-refractivity contribution in [2.45, 2.75) is 61.3 Å². The summed E-state index contributed by atoms with van der Waals surface area (Å²) < 4.78 is 0. The molecule has 4 aliphatic rings. The van der Waals surface area contributed by atoms with Crippen molar-refractivity contribution in [3.63, 3.8) is 0 Å². The maximum Gasteiger partial charge on any atom is 0.000476 e. The van der Waals surface area contributed by atoms with E-state index in [2.05, 4.69) is 122 Å². The smallest absolute Gasteiger partial charge is 0.000476 e. The molecule has 0 N–H and O–H groups in total. The van der Waals surface area contributed by atoms with E-state index in [0.717, 1.165) is 0 Å². The van der Waals surface area contributed by atoms with Crippen molar-refractivity contribution in [3.8, 4) is 11.1 Å². The Hall–Kier alpha value is -2.86. The van der Waals surface area contributed by atoms with E-state index in [0.29, 0.717) is 17.8 Å². The Bertz CT molecular complexity index is 1230. The normalized spacial score (nSPS) is 19.8. The molecule has 0 nitrogen and oxygen atoms in total. The van der Waals surface area contributed by atoms with E-state index < -0.39 is 0 Å². The number of fused-ring (bicyclic) bond motifs is 1. The van der Waals surface area contributed by atoms with Gasteiger partial charge in [0, 0.05) is 5.92 Å². The molecule has 170 valence electrons. The predicted molar refractivity (Wildman–Crippen MR) is 146 cm³/mol. The van der Waals surface area contributed by atoms with E-state index in [1.165, 1.54) is 61.2 Å². The minimum Gasteiger partial charge on any atom is -0.0770 e. The van der Waals surface area contributed by atoms with E-state index in [1.54, 1.807) is 0 Å². The zero-order valence-corrected chi connectivity index (χ0v) is 21.6. The van der Waals surface area contributed by atoms with Crippen LogP contribution in [0.15, 0.2) is 88.6 Å². The number of allylic oxidation sites excluding steroid dienone is 11. The van der Waals surface area contributed by atoms with E-state index in [1.807, 2.05) is 0 Å². The molecule has 0 spiro atoms. The van der Waals surface area contributed by atoms with Gasteiger partial charge in [-0.05, 0) is 93.9 Å². The summed E-state index contributed by atoms with van der Waals surface area (Å²) in [4.78, 5) is 0. The number of aryl methyl sites for hydroxylation is 2. The number of hydrogen-bond donors (Lipinski definition) is 0. The molecule has 0 heterocycles. The molecule has 0 fully saturated rings. The van der Waals surface area contributed by atoms with Gasteiger partial charge in [-0.15, -0.1) is 0 Å². The topological polar surface area (TPSA) is 0 Å². The van der Waals surface area contributed by atoms with Gasteiger partial charge in [0.25, 0.3) is 0 Å². The fourth-order valence-electron chi connectivity index (χ4n) is 5.15. The molecule has 0 saturated heterocycles. The molecule has 4 aliphatic carbocycles. The Kier molecular flexibility index (Phi) is 6.48. The average molecular weight is 435 g/mol. The standard InChI is InChI=1S/C33H38/c1-20(2)26-14-12-22(5)32-28(16-24(7)30(32)18-26)10-9-11-29-17-25(8)31-19-27(21(3)4)15-13-23(6)33(29)31/h9-22H,1-8H3/b11-9+,28-10+. The summed E-state index contributed by atoms with van der Waals surface area (Å²) in [5.74, 6) is 1.48. The fraction of sp³-hybridized carbons (Fsp3) is 0.333. The van der Waals surface area contributed by atoms with Crippen LogP contribution in [-0.2, 0) is 0 Å². The minimum absolute atomic E-state index is 0.415. The largest absolute Gasteiger partial charge is 0.0770 e. The summed E-state index contributed by atoms with van der Waals surface area (Å²) in [5.41, 5.74) is 15.2. The van der Waals surface area contributed by atoms with Crippen molar-refractivity contribution in [2.24, 2.45) is 11.8 Å². The first kappa shape index (κ1) is 23.3. The van der Waals surface area contributed by atoms with Crippen LogP contribution < -0.4 is 0 Å². The zero-order valence-electron chi connectivity index (χ0n) is 21.6. The molecule has 0 aliphatic heterocycles. The van der Waals surface area contributed by atoms with Gasteiger partial charge in [0.2, 0.25) is 0 Å². The van der Waals surface area contributed by atoms with Gasteiger partial charge >= 0.3 is 0 Å². The maximum absolute atomic E-state index is 2.40. The Labute approximate surface area is 201 Å². The highest BCUT2D eigenvalue weighted by molar-refractivity contribution is 5.84. The van der Waals surface area contributed by atoms with Crippen molar-refractivity contribution in [1.82, 2.24) is 0 Å². The van der Waals surface area contributed by atoms with Gasteiger partial charge in [-0.3, -0.25) is 0 Å². The highest BCUT2D eigenvalue weighted by Crippen LogP contribution is 2.40. The first-order chi connectivity index (χ1) is 15.7. The molecule has 1 unspecified atom stereocenters. The molecule has 0 bridgehead atoms. The van der Waals surface area contributed by atoms with E-state index in [9.17, 15) is 0 Å². The maximum atomic E-state index is 2.40. The quantitative estimate of drug-likeness (QED) is 0.449. The molecular formula is C33H38. The van der Waals surface area contributed by atoms with Gasteiger partial charge in [-0.2, -0.15) is 0 Å². The van der Waals surface area contributed by atoms with Crippen LogP contribution in [0.1, 0.15) is 69.7 Å². The number of rotatable bonds is 4. The van der Waals surface area contributed by atoms with Crippen LogP contribution in [-0.4, -0.2) is 0 Å². The average Bonchev–Trinajstić information content (AvgIpc) is 3.05. The molecule has 0 aromatic heterocycles. The summed E-state index contributed by atoms with van der Waals surface area (Å²) in [6.45, 7) is 18.1. The Morgan fingerprint density at radius 3 is 2.33 bits per heavy atom. The molecular weight excluding hydrogens is 396 g/mol. The Morgan fingerprint density at radius 2 is 1.64 bits per heavy atom. The first-order valence-corrected chi connectivity index (χ1v) is 12.4. The van der Waals surface area contributed by atoms with Crippen LogP contribution in [0.4, 0.5) is 0 Å². The lowest BCUT2D eigenvalue weighted by molar-refractivity contribution is 0.789. The lowest BCUT2D eigenvalue weighted by Gasteiger charge is -2.11. The summed E-state index contributed by atoms with van der Waals surface area (Å²) >= 11 is 0. The monoisotopic (exact) mass is 434 g/mol. The second-order valence-electron chi connectivity index (χ2n) is 10.5. The molecule has 0 heteroatoms. The molecule has 1 atom stereocenters. The SMILES string of the molecule is CC1=C/C(=C\C=C\c2cc(C)c3cc(C(C)C)ccc(C)c2-3)C2=C1C=C(C(C)C)C=CC2C. The minimum atomic E-state index is 0.415. The summed E-state index contributed by atoms with van der Waals surface area (Å²) in [6, 6.07) is 9.29. The highest BCUT2D eigenvalue weighted by atomic mass is 14.3. The molecule has 0 aromatic carbocycles.